The van der Waals surface area contributed by atoms with Crippen molar-refractivity contribution in [2.24, 2.45) is 4.99 Å². The van der Waals surface area contributed by atoms with Gasteiger partial charge >= 0.3 is 0 Å². The van der Waals surface area contributed by atoms with Gasteiger partial charge in [-0.3, -0.25) is 14.7 Å². The van der Waals surface area contributed by atoms with Gasteiger partial charge in [0.25, 0.3) is 5.91 Å². The van der Waals surface area contributed by atoms with Crippen molar-refractivity contribution in [2.45, 2.75) is 0 Å². The van der Waals surface area contributed by atoms with Crippen LogP contribution >= 0.6 is 0 Å². The van der Waals surface area contributed by atoms with E-state index in [2.05, 4.69) is 9.98 Å². The molecule has 0 radical (unpaired) electrons. The number of aliphatic imine (C=N–C) groups is 1. The Balaban J connectivity index is 1.83. The van der Waals surface area contributed by atoms with E-state index in [1.807, 2.05) is 0 Å². The molecule has 0 unspecified atom stereocenters. The molecule has 1 amide bonds. The number of aromatic nitrogens is 1. The highest BCUT2D eigenvalue weighted by molar-refractivity contribution is 6.33. The molecular formula is C22H16FN3O2. The minimum atomic E-state index is -0.447. The van der Waals surface area contributed by atoms with Crippen molar-refractivity contribution < 1.29 is 13.9 Å². The lowest BCUT2D eigenvalue weighted by atomic mass is 10.1. The minimum Gasteiger partial charge on any atom is -0.497 e. The molecule has 0 N–H and O–H groups in total. The first kappa shape index (κ1) is 17.6. The Morgan fingerprint density at radius 2 is 1.71 bits per heavy atom. The number of carbonyl (C=O) groups is 1. The fourth-order valence-corrected chi connectivity index (χ4v) is 2.93. The molecule has 0 bridgehead atoms. The summed E-state index contributed by atoms with van der Waals surface area (Å²) < 4.78 is 19.6. The molecule has 2 heterocycles. The van der Waals surface area contributed by atoms with E-state index in [9.17, 15) is 9.18 Å². The Hall–Kier alpha value is -3.80. The van der Waals surface area contributed by atoms with Crippen LogP contribution in [0.2, 0.25) is 0 Å². The second-order valence-corrected chi connectivity index (χ2v) is 6.06. The first-order valence-corrected chi connectivity index (χ1v) is 8.61. The lowest BCUT2D eigenvalue weighted by Crippen LogP contribution is -2.33. The topological polar surface area (TPSA) is 54.8 Å². The summed E-state index contributed by atoms with van der Waals surface area (Å²) in [5.41, 5.74) is 1.84. The first-order valence-electron chi connectivity index (χ1n) is 8.61. The number of anilines is 1. The molecule has 1 aliphatic rings. The molecule has 138 valence electrons. The van der Waals surface area contributed by atoms with E-state index in [4.69, 9.17) is 4.74 Å². The Bertz CT molecular complexity index is 1080. The summed E-state index contributed by atoms with van der Waals surface area (Å²) in [7, 11) is 1.57. The summed E-state index contributed by atoms with van der Waals surface area (Å²) in [6.07, 6.45) is 4.93. The van der Waals surface area contributed by atoms with E-state index < -0.39 is 5.82 Å². The quantitative estimate of drug-likeness (QED) is 0.648. The SMILES string of the molecule is COc1ccc(N2C(=O)/C(=C\c3ccncc3)N=C2c2ccccc2F)cc1. The molecule has 28 heavy (non-hydrogen) atoms. The summed E-state index contributed by atoms with van der Waals surface area (Å²) in [6.45, 7) is 0. The lowest BCUT2D eigenvalue weighted by Gasteiger charge is -2.19. The minimum absolute atomic E-state index is 0.222. The molecule has 2 aromatic carbocycles. The second kappa shape index (κ2) is 7.44. The summed E-state index contributed by atoms with van der Waals surface area (Å²) in [6, 6.07) is 16.8. The zero-order valence-corrected chi connectivity index (χ0v) is 15.0. The number of pyridine rings is 1. The maximum Gasteiger partial charge on any atom is 0.282 e. The van der Waals surface area contributed by atoms with E-state index >= 15 is 0 Å². The van der Waals surface area contributed by atoms with Crippen LogP contribution in [0, 0.1) is 5.82 Å². The monoisotopic (exact) mass is 373 g/mol. The van der Waals surface area contributed by atoms with Gasteiger partial charge in [0.05, 0.1) is 18.4 Å². The highest BCUT2D eigenvalue weighted by atomic mass is 19.1. The Morgan fingerprint density at radius 1 is 1.00 bits per heavy atom. The molecule has 1 aliphatic heterocycles. The van der Waals surface area contributed by atoms with Gasteiger partial charge in [-0.05, 0) is 60.2 Å². The number of methoxy groups -OCH3 is 1. The van der Waals surface area contributed by atoms with Gasteiger partial charge in [0.2, 0.25) is 0 Å². The van der Waals surface area contributed by atoms with Gasteiger partial charge in [-0.2, -0.15) is 0 Å². The predicted octanol–water partition coefficient (Wildman–Crippen LogP) is 4.06. The fourth-order valence-electron chi connectivity index (χ4n) is 2.93. The van der Waals surface area contributed by atoms with Crippen LogP contribution in [0.1, 0.15) is 11.1 Å². The van der Waals surface area contributed by atoms with Gasteiger partial charge in [0.1, 0.15) is 17.3 Å². The van der Waals surface area contributed by atoms with E-state index in [0.717, 1.165) is 5.56 Å². The van der Waals surface area contributed by atoms with Crippen molar-refractivity contribution in [2.75, 3.05) is 12.0 Å². The van der Waals surface area contributed by atoms with Crippen LogP contribution in [0.3, 0.4) is 0 Å². The number of hydrogen-bond donors (Lipinski definition) is 0. The standard InChI is InChI=1S/C22H16FN3O2/c1-28-17-8-6-16(7-9-17)26-21(18-4-2-3-5-19(18)23)25-20(22(26)27)14-15-10-12-24-13-11-15/h2-14H,1H3/b20-14+. The van der Waals surface area contributed by atoms with Crippen LogP contribution in [-0.2, 0) is 4.79 Å². The summed E-state index contributed by atoms with van der Waals surface area (Å²) in [4.78, 5) is 23.0. The van der Waals surface area contributed by atoms with E-state index in [-0.39, 0.29) is 23.0 Å². The molecule has 0 saturated carbocycles. The highest BCUT2D eigenvalue weighted by Crippen LogP contribution is 2.29. The van der Waals surface area contributed by atoms with Crippen molar-refractivity contribution in [3.05, 3.63) is 95.7 Å². The van der Waals surface area contributed by atoms with Gasteiger partial charge in [-0.25, -0.2) is 9.38 Å². The van der Waals surface area contributed by atoms with Crippen LogP contribution in [0.4, 0.5) is 10.1 Å². The average molecular weight is 373 g/mol. The molecule has 4 rings (SSSR count). The Labute approximate surface area is 161 Å². The molecule has 5 nitrogen and oxygen atoms in total. The normalized spacial score (nSPS) is 15.1. The van der Waals surface area contributed by atoms with Crippen molar-refractivity contribution in [3.63, 3.8) is 0 Å². The van der Waals surface area contributed by atoms with Crippen LogP contribution < -0.4 is 9.64 Å². The number of nitrogens with zero attached hydrogens (tertiary/aromatic N) is 3. The molecule has 0 fully saturated rings. The Morgan fingerprint density at radius 3 is 2.39 bits per heavy atom. The Kier molecular flexibility index (Phi) is 4.68. The molecule has 0 saturated heterocycles. The second-order valence-electron chi connectivity index (χ2n) is 6.06. The van der Waals surface area contributed by atoms with E-state index in [1.165, 1.54) is 11.0 Å². The van der Waals surface area contributed by atoms with Gasteiger partial charge < -0.3 is 4.74 Å². The van der Waals surface area contributed by atoms with Gasteiger partial charge in [-0.1, -0.05) is 12.1 Å². The molecule has 0 aliphatic carbocycles. The molecule has 0 atom stereocenters. The van der Waals surface area contributed by atoms with E-state index in [0.29, 0.717) is 11.4 Å². The van der Waals surface area contributed by atoms with Crippen LogP contribution in [-0.4, -0.2) is 23.8 Å². The zero-order chi connectivity index (χ0) is 19.5. The first-order chi connectivity index (χ1) is 13.7. The number of halogens is 1. The lowest BCUT2D eigenvalue weighted by molar-refractivity contribution is -0.113. The summed E-state index contributed by atoms with van der Waals surface area (Å²) >= 11 is 0. The van der Waals surface area contributed by atoms with Crippen molar-refractivity contribution in [1.82, 2.24) is 4.98 Å². The van der Waals surface area contributed by atoms with Crippen molar-refractivity contribution >= 4 is 23.5 Å². The molecule has 6 heteroatoms. The van der Waals surface area contributed by atoms with Crippen LogP contribution in [0.25, 0.3) is 6.08 Å². The van der Waals surface area contributed by atoms with Gasteiger partial charge in [-0.15, -0.1) is 0 Å². The third kappa shape index (κ3) is 3.27. The third-order valence-electron chi connectivity index (χ3n) is 4.32. The maximum absolute atomic E-state index is 14.5. The number of amidine groups is 1. The third-order valence-corrected chi connectivity index (χ3v) is 4.32. The van der Waals surface area contributed by atoms with E-state index in [1.54, 1.807) is 80.2 Å². The predicted molar refractivity (Wildman–Crippen MR) is 106 cm³/mol. The smallest absolute Gasteiger partial charge is 0.282 e. The molecule has 1 aromatic heterocycles. The van der Waals surface area contributed by atoms with Gasteiger partial charge in [0, 0.05) is 12.4 Å². The summed E-state index contributed by atoms with van der Waals surface area (Å²) in [5.74, 6) is 0.124. The number of carbonyl (C=O) groups excluding carboxylic acids is 1. The van der Waals surface area contributed by atoms with Crippen LogP contribution in [0.15, 0.2) is 83.7 Å². The van der Waals surface area contributed by atoms with Crippen molar-refractivity contribution in [3.8, 4) is 5.75 Å². The number of amides is 1. The molecule has 3 aromatic rings. The number of benzene rings is 2. The number of hydrogen-bond acceptors (Lipinski definition) is 4. The van der Waals surface area contributed by atoms with Crippen molar-refractivity contribution in [1.29, 1.82) is 0 Å². The van der Waals surface area contributed by atoms with Gasteiger partial charge in [0.15, 0.2) is 5.84 Å². The highest BCUT2D eigenvalue weighted by Gasteiger charge is 2.33. The molecule has 0 spiro atoms. The molecular weight excluding hydrogens is 357 g/mol. The zero-order valence-electron chi connectivity index (χ0n) is 15.0. The average Bonchev–Trinajstić information content (AvgIpc) is 3.05. The number of rotatable bonds is 4. The maximum atomic E-state index is 14.5. The number of ether oxygens (including phenoxy) is 1. The van der Waals surface area contributed by atoms with Crippen LogP contribution in [0.5, 0.6) is 5.75 Å². The summed E-state index contributed by atoms with van der Waals surface area (Å²) in [5, 5.41) is 0. The largest absolute Gasteiger partial charge is 0.497 e. The fraction of sp³-hybridized carbons (Fsp3) is 0.0455.